The summed E-state index contributed by atoms with van der Waals surface area (Å²) in [5, 5.41) is 28.3. The van der Waals surface area contributed by atoms with E-state index in [-0.39, 0.29) is 17.8 Å². The first kappa shape index (κ1) is 21.1. The molecule has 0 aromatic heterocycles. The van der Waals surface area contributed by atoms with Crippen LogP contribution in [0.15, 0.2) is 47.6 Å². The molecule has 1 aliphatic heterocycles. The molecule has 1 saturated heterocycles. The quantitative estimate of drug-likeness (QED) is 0.371. The Hall–Kier alpha value is -2.22. The van der Waals surface area contributed by atoms with Gasteiger partial charge in [0.2, 0.25) is 0 Å². The number of aliphatic hydroxyl groups is 3. The van der Waals surface area contributed by atoms with Gasteiger partial charge in [-0.05, 0) is 25.3 Å². The Morgan fingerprint density at radius 1 is 1.37 bits per heavy atom. The van der Waals surface area contributed by atoms with Gasteiger partial charge in [0.25, 0.3) is 0 Å². The van der Waals surface area contributed by atoms with Crippen molar-refractivity contribution in [1.29, 1.82) is 0 Å². The van der Waals surface area contributed by atoms with Crippen molar-refractivity contribution in [3.63, 3.8) is 0 Å². The Kier molecular flexibility index (Phi) is 7.12. The van der Waals surface area contributed by atoms with Crippen LogP contribution in [0, 0.1) is 5.92 Å². The zero-order valence-corrected chi connectivity index (χ0v) is 15.4. The van der Waals surface area contributed by atoms with Crippen molar-refractivity contribution in [3.8, 4) is 0 Å². The Morgan fingerprint density at radius 2 is 2.04 bits per heavy atom. The number of rotatable bonds is 5. The molecule has 0 aromatic carbocycles. The summed E-state index contributed by atoms with van der Waals surface area (Å²) in [6.45, 7) is 8.20. The molecule has 7 heteroatoms. The van der Waals surface area contributed by atoms with Crippen molar-refractivity contribution >= 4 is 11.9 Å². The van der Waals surface area contributed by atoms with E-state index >= 15 is 0 Å². The minimum atomic E-state index is -1.43. The van der Waals surface area contributed by atoms with Gasteiger partial charge in [-0.1, -0.05) is 30.9 Å². The number of carbonyl (C=O) groups excluding carboxylic acids is 2. The fourth-order valence-electron chi connectivity index (χ4n) is 3.28. The van der Waals surface area contributed by atoms with Crippen LogP contribution in [-0.2, 0) is 19.1 Å². The van der Waals surface area contributed by atoms with E-state index in [9.17, 15) is 19.8 Å². The third kappa shape index (κ3) is 4.74. The van der Waals surface area contributed by atoms with Gasteiger partial charge in [-0.2, -0.15) is 0 Å². The lowest BCUT2D eigenvalue weighted by atomic mass is 9.83. The predicted molar refractivity (Wildman–Crippen MR) is 97.4 cm³/mol. The van der Waals surface area contributed by atoms with Crippen molar-refractivity contribution < 1.29 is 34.4 Å². The van der Waals surface area contributed by atoms with Gasteiger partial charge in [-0.15, -0.1) is 0 Å². The van der Waals surface area contributed by atoms with Crippen molar-refractivity contribution in [3.05, 3.63) is 47.6 Å². The Morgan fingerprint density at radius 3 is 2.67 bits per heavy atom. The highest BCUT2D eigenvalue weighted by atomic mass is 16.6. The summed E-state index contributed by atoms with van der Waals surface area (Å²) in [6, 6.07) is 0. The smallest absolute Gasteiger partial charge is 0.336 e. The van der Waals surface area contributed by atoms with Gasteiger partial charge in [0.1, 0.15) is 18.3 Å². The van der Waals surface area contributed by atoms with E-state index in [0.29, 0.717) is 18.4 Å². The molecule has 0 amide bonds. The first-order valence-corrected chi connectivity index (χ1v) is 8.84. The van der Waals surface area contributed by atoms with Gasteiger partial charge in [-0.3, -0.25) is 0 Å². The molecule has 0 aromatic rings. The number of hydrogen-bond acceptors (Lipinski definition) is 7. The molecule has 1 fully saturated rings. The van der Waals surface area contributed by atoms with Crippen molar-refractivity contribution in [2.45, 2.75) is 44.5 Å². The van der Waals surface area contributed by atoms with E-state index in [0.717, 1.165) is 12.0 Å². The number of aliphatic hydroxyl groups excluding tert-OH is 3. The lowest BCUT2D eigenvalue weighted by Gasteiger charge is -2.29. The Bertz CT molecular complexity index is 688. The van der Waals surface area contributed by atoms with Crippen LogP contribution < -0.4 is 0 Å². The summed E-state index contributed by atoms with van der Waals surface area (Å²) in [5.74, 6) is -2.13. The van der Waals surface area contributed by atoms with Crippen LogP contribution in [0.1, 0.15) is 26.2 Å². The van der Waals surface area contributed by atoms with Crippen LogP contribution >= 0.6 is 0 Å². The number of allylic oxidation sites excluding steroid dienone is 2. The largest absolute Gasteiger partial charge is 0.458 e. The third-order valence-corrected chi connectivity index (χ3v) is 4.86. The molecular weight excluding hydrogens is 352 g/mol. The molecule has 4 atom stereocenters. The summed E-state index contributed by atoms with van der Waals surface area (Å²) < 4.78 is 11.0. The maximum Gasteiger partial charge on any atom is 0.336 e. The van der Waals surface area contributed by atoms with Gasteiger partial charge in [0, 0.05) is 12.0 Å². The Labute approximate surface area is 158 Å². The van der Waals surface area contributed by atoms with Crippen LogP contribution in [0.4, 0.5) is 0 Å². The molecule has 2 aliphatic rings. The van der Waals surface area contributed by atoms with E-state index < -0.39 is 42.8 Å². The van der Waals surface area contributed by atoms with Crippen LogP contribution in [-0.4, -0.2) is 58.8 Å². The summed E-state index contributed by atoms with van der Waals surface area (Å²) in [6.07, 6.45) is 2.59. The van der Waals surface area contributed by atoms with Crippen LogP contribution in [0.3, 0.4) is 0 Å². The highest BCUT2D eigenvalue weighted by Gasteiger charge is 2.46. The number of fused-ring (bicyclic) bond motifs is 1. The first-order valence-electron chi connectivity index (χ1n) is 8.84. The SMILES string of the molecule is C=C1C(=O)O[C@@H]2/C(CO)=C\CC/C=C(/C)C[C@@H](OC(=O)C(=C)[C@@H](O)CO)[C@@H]12. The Balaban J connectivity index is 2.38. The van der Waals surface area contributed by atoms with Crippen LogP contribution in [0.5, 0.6) is 0 Å². The molecule has 0 bridgehead atoms. The lowest BCUT2D eigenvalue weighted by Crippen LogP contribution is -2.37. The van der Waals surface area contributed by atoms with Gasteiger partial charge in [0.05, 0.1) is 24.7 Å². The molecule has 7 nitrogen and oxygen atoms in total. The monoisotopic (exact) mass is 378 g/mol. The molecule has 1 heterocycles. The number of hydrogen-bond donors (Lipinski definition) is 3. The summed E-state index contributed by atoms with van der Waals surface area (Å²) in [4.78, 5) is 24.5. The van der Waals surface area contributed by atoms with E-state index in [1.54, 1.807) is 0 Å². The first-order chi connectivity index (χ1) is 12.8. The summed E-state index contributed by atoms with van der Waals surface area (Å²) in [7, 11) is 0. The minimum Gasteiger partial charge on any atom is -0.458 e. The van der Waals surface area contributed by atoms with Crippen molar-refractivity contribution in [2.75, 3.05) is 13.2 Å². The molecule has 0 spiro atoms. The third-order valence-electron chi connectivity index (χ3n) is 4.86. The summed E-state index contributed by atoms with van der Waals surface area (Å²) >= 11 is 0. The number of carbonyl (C=O) groups is 2. The second-order valence-electron chi connectivity index (χ2n) is 6.81. The second kappa shape index (κ2) is 9.12. The average Bonchev–Trinajstić information content (AvgIpc) is 2.94. The van der Waals surface area contributed by atoms with E-state index in [2.05, 4.69) is 13.2 Å². The lowest BCUT2D eigenvalue weighted by molar-refractivity contribution is -0.148. The zero-order chi connectivity index (χ0) is 20.1. The van der Waals surface area contributed by atoms with E-state index in [1.165, 1.54) is 0 Å². The normalized spacial score (nSPS) is 30.9. The van der Waals surface area contributed by atoms with Crippen molar-refractivity contribution in [2.24, 2.45) is 5.92 Å². The van der Waals surface area contributed by atoms with Crippen molar-refractivity contribution in [1.82, 2.24) is 0 Å². The predicted octanol–water partition coefficient (Wildman–Crippen LogP) is 0.954. The van der Waals surface area contributed by atoms with Gasteiger partial charge >= 0.3 is 11.9 Å². The molecule has 3 N–H and O–H groups in total. The number of ether oxygens (including phenoxy) is 2. The standard InChI is InChI=1S/C20H26O7/c1-11-6-4-5-7-14(9-21)18-17(13(3)20(25)27-18)16(8-11)26-19(24)12(2)15(23)10-22/h6-7,15-18,21-23H,2-5,8-10H2,1H3/b11-6-,14-7-/t15-,16+,17+,18+/m0/s1. The van der Waals surface area contributed by atoms with Gasteiger partial charge in [0.15, 0.2) is 0 Å². The molecule has 0 radical (unpaired) electrons. The number of esters is 2. The fourth-order valence-corrected chi connectivity index (χ4v) is 3.28. The molecular formula is C20H26O7. The maximum atomic E-state index is 12.4. The highest BCUT2D eigenvalue weighted by Crippen LogP contribution is 2.38. The second-order valence-corrected chi connectivity index (χ2v) is 6.81. The van der Waals surface area contributed by atoms with Crippen LogP contribution in [0.2, 0.25) is 0 Å². The molecule has 0 saturated carbocycles. The molecule has 148 valence electrons. The van der Waals surface area contributed by atoms with E-state index in [1.807, 2.05) is 19.1 Å². The summed E-state index contributed by atoms with van der Waals surface area (Å²) in [5.41, 5.74) is 1.39. The topological polar surface area (TPSA) is 113 Å². The molecule has 1 aliphatic carbocycles. The molecule has 2 rings (SSSR count). The van der Waals surface area contributed by atoms with E-state index in [4.69, 9.17) is 14.6 Å². The molecule has 27 heavy (non-hydrogen) atoms. The minimum absolute atomic E-state index is 0.166. The van der Waals surface area contributed by atoms with Gasteiger partial charge in [-0.25, -0.2) is 9.59 Å². The average molecular weight is 378 g/mol. The van der Waals surface area contributed by atoms with Gasteiger partial charge < -0.3 is 24.8 Å². The fraction of sp³-hybridized carbons (Fsp3) is 0.500. The molecule has 0 unspecified atom stereocenters. The maximum absolute atomic E-state index is 12.4. The highest BCUT2D eigenvalue weighted by molar-refractivity contribution is 5.92. The van der Waals surface area contributed by atoms with Crippen LogP contribution in [0.25, 0.3) is 0 Å². The zero-order valence-electron chi connectivity index (χ0n) is 15.4.